The molecule has 0 rings (SSSR count). The van der Waals surface area contributed by atoms with Gasteiger partial charge in [-0.25, -0.2) is 4.79 Å². The molecule has 0 radical (unpaired) electrons. The normalized spacial score (nSPS) is 11.7. The largest absolute Gasteiger partial charge is 0.460 e. The van der Waals surface area contributed by atoms with Crippen LogP contribution in [-0.2, 0) is 19.0 Å². The Kier molecular flexibility index (Phi) is 29.3. The van der Waals surface area contributed by atoms with Crippen molar-refractivity contribution in [1.82, 2.24) is 0 Å². The van der Waals surface area contributed by atoms with Gasteiger partial charge in [-0.1, -0.05) is 167 Å². The molecule has 0 fully saturated rings. The Bertz CT molecular complexity index is 525. The number of rotatable bonds is 32. The lowest BCUT2D eigenvalue weighted by atomic mass is 10.1. The van der Waals surface area contributed by atoms with Crippen LogP contribution < -0.4 is 0 Å². The molecule has 0 aromatic rings. The second kappa shape index (κ2) is 29.8. The first-order valence-electron chi connectivity index (χ1n) is 17.5. The average Bonchev–Trinajstić information content (AvgIpc) is 2.95. The molecule has 0 aliphatic carbocycles. The van der Waals surface area contributed by atoms with Crippen molar-refractivity contribution in [2.75, 3.05) is 33.0 Å². The Hall–Kier alpha value is -0.653. The number of unbranched alkanes of at least 4 members (excludes halogenated alkanes) is 15. The van der Waals surface area contributed by atoms with E-state index < -0.39 is 8.07 Å². The molecule has 0 spiro atoms. The predicted octanol–water partition coefficient (Wildman–Crippen LogP) is 11.1. The summed E-state index contributed by atoms with van der Waals surface area (Å²) in [6.07, 6.45) is 26.7. The lowest BCUT2D eigenvalue weighted by molar-refractivity contribution is -0.140. The predicted molar refractivity (Wildman–Crippen MR) is 177 cm³/mol. The lowest BCUT2D eigenvalue weighted by Crippen LogP contribution is -2.34. The topological polar surface area (TPSA) is 44.8 Å². The first kappa shape index (κ1) is 39.3. The van der Waals surface area contributed by atoms with Gasteiger partial charge in [0, 0.05) is 12.2 Å². The molecule has 0 unspecified atom stereocenters. The van der Waals surface area contributed by atoms with Gasteiger partial charge in [-0.05, 0) is 13.3 Å². The van der Waals surface area contributed by atoms with Crippen molar-refractivity contribution in [2.24, 2.45) is 0 Å². The van der Waals surface area contributed by atoms with E-state index in [9.17, 15) is 4.79 Å². The fourth-order valence-corrected chi connectivity index (χ4v) is 11.2. The zero-order valence-electron chi connectivity index (χ0n) is 27.6. The molecule has 0 saturated carbocycles. The average molecular weight is 583 g/mol. The van der Waals surface area contributed by atoms with Crippen molar-refractivity contribution in [3.63, 3.8) is 0 Å². The number of carbonyl (C=O) groups is 1. The Morgan fingerprint density at radius 3 is 1.27 bits per heavy atom. The van der Waals surface area contributed by atoms with E-state index in [1.807, 2.05) is 0 Å². The van der Waals surface area contributed by atoms with E-state index in [4.69, 9.17) is 14.2 Å². The second-order valence-corrected chi connectivity index (χ2v) is 17.3. The summed E-state index contributed by atoms with van der Waals surface area (Å²) in [5.74, 6) is -0.352. The lowest BCUT2D eigenvalue weighted by Gasteiger charge is -2.33. The molecule has 4 nitrogen and oxygen atoms in total. The third-order valence-corrected chi connectivity index (χ3v) is 14.0. The Balaban J connectivity index is 4.67. The highest BCUT2D eigenvalue weighted by atomic mass is 28.3. The third kappa shape index (κ3) is 25.1. The first-order valence-corrected chi connectivity index (χ1v) is 20.3. The van der Waals surface area contributed by atoms with Crippen molar-refractivity contribution in [2.45, 2.75) is 174 Å². The van der Waals surface area contributed by atoms with Gasteiger partial charge in [-0.15, -0.1) is 0 Å². The molecule has 0 aromatic carbocycles. The zero-order valence-corrected chi connectivity index (χ0v) is 28.6. The maximum atomic E-state index is 11.4. The van der Waals surface area contributed by atoms with Crippen molar-refractivity contribution in [3.8, 4) is 0 Å². The van der Waals surface area contributed by atoms with Gasteiger partial charge < -0.3 is 14.2 Å². The molecule has 0 aliphatic rings. The maximum absolute atomic E-state index is 11.4. The summed E-state index contributed by atoms with van der Waals surface area (Å²) in [5.41, 5.74) is 0.424. The zero-order chi connectivity index (χ0) is 29.6. The smallest absolute Gasteiger partial charge is 0.333 e. The van der Waals surface area contributed by atoms with Crippen molar-refractivity contribution < 1.29 is 19.0 Å². The van der Waals surface area contributed by atoms with E-state index in [1.54, 1.807) is 25.1 Å². The summed E-state index contributed by atoms with van der Waals surface area (Å²) in [7, 11) is -1.27. The van der Waals surface area contributed by atoms with E-state index in [0.717, 1.165) is 6.61 Å². The van der Waals surface area contributed by atoms with Crippen molar-refractivity contribution >= 4 is 14.0 Å². The number of ether oxygens (including phenoxy) is 3. The van der Waals surface area contributed by atoms with Gasteiger partial charge in [0.25, 0.3) is 0 Å². The van der Waals surface area contributed by atoms with E-state index in [-0.39, 0.29) is 12.6 Å². The van der Waals surface area contributed by atoms with Crippen LogP contribution in [0.5, 0.6) is 0 Å². The van der Waals surface area contributed by atoms with E-state index in [2.05, 4.69) is 27.4 Å². The summed E-state index contributed by atoms with van der Waals surface area (Å²) < 4.78 is 16.6. The summed E-state index contributed by atoms with van der Waals surface area (Å²) in [6, 6.07) is 6.10. The van der Waals surface area contributed by atoms with Crippen LogP contribution in [0.4, 0.5) is 0 Å². The molecule has 0 N–H and O–H groups in total. The van der Waals surface area contributed by atoms with Crippen LogP contribution in [-0.4, -0.2) is 47.1 Å². The van der Waals surface area contributed by atoms with Gasteiger partial charge in [-0.2, -0.15) is 0 Å². The summed E-state index contributed by atoms with van der Waals surface area (Å²) in [6.45, 7) is 14.9. The molecule has 0 atom stereocenters. The summed E-state index contributed by atoms with van der Waals surface area (Å²) >= 11 is 0. The number of hydrogen-bond donors (Lipinski definition) is 0. The fraction of sp³-hybridized carbons (Fsp3) is 0.914. The highest BCUT2D eigenvalue weighted by Crippen LogP contribution is 2.34. The van der Waals surface area contributed by atoms with Gasteiger partial charge in [-0.3, -0.25) is 0 Å². The van der Waals surface area contributed by atoms with Crippen LogP contribution in [0.2, 0.25) is 24.2 Å². The van der Waals surface area contributed by atoms with E-state index in [0.29, 0.717) is 25.4 Å². The molecular formula is C35H70O4Si. The van der Waals surface area contributed by atoms with Gasteiger partial charge in [0.2, 0.25) is 0 Å². The molecule has 238 valence electrons. The van der Waals surface area contributed by atoms with Crippen molar-refractivity contribution in [1.29, 1.82) is 0 Å². The highest BCUT2D eigenvalue weighted by molar-refractivity contribution is 6.79. The van der Waals surface area contributed by atoms with Crippen LogP contribution in [0.1, 0.15) is 150 Å². The Morgan fingerprint density at radius 2 is 0.850 bits per heavy atom. The minimum atomic E-state index is -1.27. The van der Waals surface area contributed by atoms with Gasteiger partial charge >= 0.3 is 5.97 Å². The molecule has 0 saturated heterocycles. The van der Waals surface area contributed by atoms with Crippen LogP contribution in [0, 0.1) is 0 Å². The second-order valence-electron chi connectivity index (χ2n) is 12.3. The van der Waals surface area contributed by atoms with Crippen LogP contribution in [0.25, 0.3) is 0 Å². The fourth-order valence-electron chi connectivity index (χ4n) is 5.78. The quantitative estimate of drug-likeness (QED) is 0.0342. The first-order chi connectivity index (χ1) is 19.5. The third-order valence-electron chi connectivity index (χ3n) is 8.36. The molecule has 0 heterocycles. The van der Waals surface area contributed by atoms with E-state index >= 15 is 0 Å². The van der Waals surface area contributed by atoms with Gasteiger partial charge in [0.05, 0.1) is 27.9 Å². The van der Waals surface area contributed by atoms with Crippen LogP contribution >= 0.6 is 0 Å². The SMILES string of the molecule is C=C(C)C(=O)OCCOCCOCCC[Si](CCCCCCCC)(CCCCCCCC)CCCCCCCC. The van der Waals surface area contributed by atoms with Crippen molar-refractivity contribution in [3.05, 3.63) is 12.2 Å². The van der Waals surface area contributed by atoms with Crippen LogP contribution in [0.3, 0.4) is 0 Å². The Labute approximate surface area is 251 Å². The van der Waals surface area contributed by atoms with Gasteiger partial charge in [0.15, 0.2) is 0 Å². The molecule has 40 heavy (non-hydrogen) atoms. The standard InChI is InChI=1S/C35H70O4Si/c1-6-9-12-15-18-21-30-40(31-22-19-16-13-10-7-2,32-23-20-17-14-11-8-3)33-24-25-37-26-27-38-28-29-39-35(36)34(4)5/h4,6-33H2,1-3,5H3. The summed E-state index contributed by atoms with van der Waals surface area (Å²) in [5, 5.41) is 0. The molecule has 5 heteroatoms. The number of carbonyl (C=O) groups excluding carboxylic acids is 1. The minimum absolute atomic E-state index is 0.273. The number of esters is 1. The molecule has 0 aliphatic heterocycles. The minimum Gasteiger partial charge on any atom is -0.460 e. The number of hydrogen-bond acceptors (Lipinski definition) is 4. The maximum Gasteiger partial charge on any atom is 0.333 e. The molecule has 0 bridgehead atoms. The van der Waals surface area contributed by atoms with Crippen LogP contribution in [0.15, 0.2) is 12.2 Å². The molecule has 0 amide bonds. The summed E-state index contributed by atoms with van der Waals surface area (Å²) in [4.78, 5) is 11.4. The van der Waals surface area contributed by atoms with Gasteiger partial charge in [0.1, 0.15) is 6.61 Å². The highest BCUT2D eigenvalue weighted by Gasteiger charge is 2.30. The Morgan fingerprint density at radius 1 is 0.500 bits per heavy atom. The monoisotopic (exact) mass is 583 g/mol. The van der Waals surface area contributed by atoms with E-state index in [1.165, 1.54) is 128 Å². The molecular weight excluding hydrogens is 512 g/mol. The molecule has 0 aromatic heterocycles.